The number of halogens is 1. The Balaban J connectivity index is 3.10. The first-order chi connectivity index (χ1) is 8.16. The quantitative estimate of drug-likeness (QED) is 0.381. The largest absolute Gasteiger partial charge is 0.378 e. The topological polar surface area (TPSA) is 59.6 Å². The maximum Gasteiger partial charge on any atom is 0.207 e. The first-order valence-electron chi connectivity index (χ1n) is 5.86. The molecule has 0 aliphatic carbocycles. The second kappa shape index (κ2) is 11.8. The molecule has 0 heterocycles. The van der Waals surface area contributed by atoms with Gasteiger partial charge in [0.05, 0.1) is 33.0 Å². The molecule has 0 spiro atoms. The third-order valence-corrected chi connectivity index (χ3v) is 1.89. The van der Waals surface area contributed by atoms with Crippen LogP contribution in [0.5, 0.6) is 0 Å². The Bertz CT molecular complexity index is 182. The standard InChI is InChI=1S/C11H23FN2O3/c1-10(2)14-3-4-16-5-6-17-8-11(12)7-13-9-15/h9-11,14H,3-8H2,1-2H3,(H,13,15). The van der Waals surface area contributed by atoms with Gasteiger partial charge in [0, 0.05) is 12.6 Å². The predicted molar refractivity (Wildman–Crippen MR) is 63.7 cm³/mol. The van der Waals surface area contributed by atoms with Gasteiger partial charge in [-0.15, -0.1) is 0 Å². The molecule has 17 heavy (non-hydrogen) atoms. The fourth-order valence-electron chi connectivity index (χ4n) is 1.09. The number of amides is 1. The van der Waals surface area contributed by atoms with Crippen molar-refractivity contribution in [2.24, 2.45) is 0 Å². The van der Waals surface area contributed by atoms with Crippen molar-refractivity contribution in [2.75, 3.05) is 39.5 Å². The van der Waals surface area contributed by atoms with Crippen LogP contribution >= 0.6 is 0 Å². The Hall–Kier alpha value is -0.720. The lowest BCUT2D eigenvalue weighted by Crippen LogP contribution is -2.28. The zero-order chi connectivity index (χ0) is 12.9. The van der Waals surface area contributed by atoms with Crippen LogP contribution in [0.15, 0.2) is 0 Å². The molecular formula is C11H23FN2O3. The number of nitrogens with one attached hydrogen (secondary N) is 2. The summed E-state index contributed by atoms with van der Waals surface area (Å²) in [5.41, 5.74) is 0. The molecule has 0 saturated carbocycles. The highest BCUT2D eigenvalue weighted by Gasteiger charge is 2.04. The van der Waals surface area contributed by atoms with E-state index < -0.39 is 6.17 Å². The molecule has 2 N–H and O–H groups in total. The summed E-state index contributed by atoms with van der Waals surface area (Å²) in [6, 6.07) is 0.451. The number of ether oxygens (including phenoxy) is 2. The lowest BCUT2D eigenvalue weighted by Gasteiger charge is -2.10. The van der Waals surface area contributed by atoms with Gasteiger partial charge in [0.2, 0.25) is 6.41 Å². The van der Waals surface area contributed by atoms with Gasteiger partial charge in [0.15, 0.2) is 0 Å². The highest BCUT2D eigenvalue weighted by Crippen LogP contribution is 1.90. The van der Waals surface area contributed by atoms with Crippen LogP contribution < -0.4 is 10.6 Å². The summed E-state index contributed by atoms with van der Waals surface area (Å²) in [5.74, 6) is 0. The van der Waals surface area contributed by atoms with E-state index in [4.69, 9.17) is 9.47 Å². The molecule has 1 amide bonds. The van der Waals surface area contributed by atoms with E-state index in [1.54, 1.807) is 0 Å². The van der Waals surface area contributed by atoms with Crippen molar-refractivity contribution in [3.63, 3.8) is 0 Å². The summed E-state index contributed by atoms with van der Waals surface area (Å²) in [5, 5.41) is 5.46. The first kappa shape index (κ1) is 16.3. The Morgan fingerprint density at radius 3 is 2.59 bits per heavy atom. The van der Waals surface area contributed by atoms with E-state index in [1.807, 2.05) is 0 Å². The van der Waals surface area contributed by atoms with Crippen molar-refractivity contribution in [3.8, 4) is 0 Å². The van der Waals surface area contributed by atoms with Gasteiger partial charge < -0.3 is 20.1 Å². The maximum atomic E-state index is 12.9. The van der Waals surface area contributed by atoms with Crippen molar-refractivity contribution < 1.29 is 18.7 Å². The number of carbonyl (C=O) groups is 1. The molecule has 0 aromatic heterocycles. The van der Waals surface area contributed by atoms with Gasteiger partial charge in [0.1, 0.15) is 6.17 Å². The zero-order valence-electron chi connectivity index (χ0n) is 10.6. The molecule has 0 aliphatic rings. The van der Waals surface area contributed by atoms with E-state index in [0.29, 0.717) is 32.3 Å². The Morgan fingerprint density at radius 2 is 1.94 bits per heavy atom. The third kappa shape index (κ3) is 13.2. The fraction of sp³-hybridized carbons (Fsp3) is 0.909. The molecular weight excluding hydrogens is 227 g/mol. The van der Waals surface area contributed by atoms with Crippen LogP contribution in [-0.4, -0.2) is 58.1 Å². The lowest BCUT2D eigenvalue weighted by atomic mass is 10.4. The van der Waals surface area contributed by atoms with E-state index in [9.17, 15) is 9.18 Å². The van der Waals surface area contributed by atoms with Gasteiger partial charge in [0.25, 0.3) is 0 Å². The minimum atomic E-state index is -1.16. The SMILES string of the molecule is CC(C)NCCOCCOCC(F)CNC=O. The van der Waals surface area contributed by atoms with E-state index >= 15 is 0 Å². The average Bonchev–Trinajstić information content (AvgIpc) is 2.29. The smallest absolute Gasteiger partial charge is 0.207 e. The number of carbonyl (C=O) groups excluding carboxylic acids is 1. The van der Waals surface area contributed by atoms with Gasteiger partial charge in [-0.25, -0.2) is 4.39 Å². The van der Waals surface area contributed by atoms with E-state index in [0.717, 1.165) is 6.54 Å². The van der Waals surface area contributed by atoms with Crippen LogP contribution in [-0.2, 0) is 14.3 Å². The van der Waals surface area contributed by atoms with E-state index in [1.165, 1.54) is 0 Å². The maximum absolute atomic E-state index is 12.9. The van der Waals surface area contributed by atoms with Crippen LogP contribution in [0, 0.1) is 0 Å². The molecule has 0 aliphatic heterocycles. The summed E-state index contributed by atoms with van der Waals surface area (Å²) in [4.78, 5) is 9.89. The minimum absolute atomic E-state index is 0.0112. The van der Waals surface area contributed by atoms with Crippen molar-refractivity contribution in [1.82, 2.24) is 10.6 Å². The van der Waals surface area contributed by atoms with Crippen LogP contribution in [0.3, 0.4) is 0 Å². The second-order valence-electron chi connectivity index (χ2n) is 3.92. The summed E-state index contributed by atoms with van der Waals surface area (Å²) in [7, 11) is 0. The molecule has 5 nitrogen and oxygen atoms in total. The molecule has 0 aromatic rings. The van der Waals surface area contributed by atoms with Gasteiger partial charge >= 0.3 is 0 Å². The molecule has 0 rings (SSSR count). The highest BCUT2D eigenvalue weighted by molar-refractivity contribution is 5.45. The summed E-state index contributed by atoms with van der Waals surface area (Å²) in [6.45, 7) is 6.34. The molecule has 1 unspecified atom stereocenters. The summed E-state index contributed by atoms with van der Waals surface area (Å²) in [6.07, 6.45) is -0.694. The minimum Gasteiger partial charge on any atom is -0.378 e. The fourth-order valence-corrected chi connectivity index (χ4v) is 1.09. The van der Waals surface area contributed by atoms with Crippen molar-refractivity contribution >= 4 is 6.41 Å². The number of hydrogen-bond acceptors (Lipinski definition) is 4. The number of rotatable bonds is 12. The molecule has 1 atom stereocenters. The number of hydrogen-bond donors (Lipinski definition) is 2. The van der Waals surface area contributed by atoms with Crippen LogP contribution in [0.1, 0.15) is 13.8 Å². The van der Waals surface area contributed by atoms with Crippen molar-refractivity contribution in [1.29, 1.82) is 0 Å². The average molecular weight is 250 g/mol. The normalized spacial score (nSPS) is 12.7. The molecule has 102 valence electrons. The molecule has 0 bridgehead atoms. The molecule has 0 aromatic carbocycles. The lowest BCUT2D eigenvalue weighted by molar-refractivity contribution is -0.109. The van der Waals surface area contributed by atoms with Gasteiger partial charge in [-0.3, -0.25) is 4.79 Å². The van der Waals surface area contributed by atoms with E-state index in [2.05, 4.69) is 24.5 Å². The van der Waals surface area contributed by atoms with Gasteiger partial charge in [-0.1, -0.05) is 13.8 Å². The van der Waals surface area contributed by atoms with Crippen molar-refractivity contribution in [2.45, 2.75) is 26.1 Å². The van der Waals surface area contributed by atoms with Crippen molar-refractivity contribution in [3.05, 3.63) is 0 Å². The summed E-state index contributed by atoms with van der Waals surface area (Å²) >= 11 is 0. The van der Waals surface area contributed by atoms with Gasteiger partial charge in [-0.05, 0) is 0 Å². The van der Waals surface area contributed by atoms with E-state index in [-0.39, 0.29) is 13.2 Å². The first-order valence-corrected chi connectivity index (χ1v) is 5.86. The number of alkyl halides is 1. The van der Waals surface area contributed by atoms with Crippen LogP contribution in [0.2, 0.25) is 0 Å². The predicted octanol–water partition coefficient (Wildman–Crippen LogP) is 0.102. The second-order valence-corrected chi connectivity index (χ2v) is 3.92. The Labute approximate surface area is 102 Å². The van der Waals surface area contributed by atoms with Crippen LogP contribution in [0.4, 0.5) is 4.39 Å². The third-order valence-electron chi connectivity index (χ3n) is 1.89. The monoisotopic (exact) mass is 250 g/mol. The zero-order valence-corrected chi connectivity index (χ0v) is 10.6. The molecule has 0 fully saturated rings. The molecule has 0 radical (unpaired) electrons. The van der Waals surface area contributed by atoms with Gasteiger partial charge in [-0.2, -0.15) is 0 Å². The summed E-state index contributed by atoms with van der Waals surface area (Å²) < 4.78 is 23.2. The Morgan fingerprint density at radius 1 is 1.24 bits per heavy atom. The van der Waals surface area contributed by atoms with Crippen LogP contribution in [0.25, 0.3) is 0 Å². The molecule has 6 heteroatoms. The molecule has 0 saturated heterocycles. The Kier molecular flexibility index (Phi) is 11.3. The highest BCUT2D eigenvalue weighted by atomic mass is 19.1.